The Morgan fingerprint density at radius 2 is 1.79 bits per heavy atom. The Bertz CT molecular complexity index is 541. The third-order valence-corrected chi connectivity index (χ3v) is 4.64. The minimum atomic E-state index is -0.249. The van der Waals surface area contributed by atoms with Crippen LogP contribution in [0.4, 0.5) is 11.4 Å². The molecule has 4 nitrogen and oxygen atoms in total. The molecule has 0 saturated heterocycles. The van der Waals surface area contributed by atoms with E-state index in [-0.39, 0.29) is 21.0 Å². The fraction of sp³-hybridized carbons (Fsp3) is 0.214. The van der Waals surface area contributed by atoms with Gasteiger partial charge in [-0.1, -0.05) is 6.08 Å². The predicted octanol–water partition coefficient (Wildman–Crippen LogP) is 3.87. The number of rotatable bonds is 3. The van der Waals surface area contributed by atoms with E-state index in [2.05, 4.69) is 31.5 Å². The van der Waals surface area contributed by atoms with E-state index in [9.17, 15) is 0 Å². The molecule has 1 aromatic rings. The minimum absolute atomic E-state index is 0.249. The molecule has 0 radical (unpaired) electrons. The lowest BCUT2D eigenvalue weighted by atomic mass is 10.3. The van der Waals surface area contributed by atoms with Crippen LogP contribution in [0.15, 0.2) is 58.9 Å². The highest BCUT2D eigenvalue weighted by Crippen LogP contribution is 2.20. The monoisotopic (exact) mass is 368 g/mol. The van der Waals surface area contributed by atoms with E-state index < -0.39 is 0 Å². The molecule has 0 amide bonds. The van der Waals surface area contributed by atoms with Gasteiger partial charge in [-0.2, -0.15) is 5.11 Å². The van der Waals surface area contributed by atoms with Crippen LogP contribution in [0.2, 0.25) is 0 Å². The predicted molar refractivity (Wildman–Crippen MR) is 90.4 cm³/mol. The van der Waals surface area contributed by atoms with Crippen molar-refractivity contribution in [2.45, 2.75) is 0 Å². The highest BCUT2D eigenvalue weighted by atomic mass is 127. The molecule has 5 heteroatoms. The summed E-state index contributed by atoms with van der Waals surface area (Å²) in [5, 5.41) is 8.64. The standard InChI is InChI=1S/C14H17IN4/c1-18(2)13-9-7-12(8-10-13)16-17-14-6-4-5-11-19(3)15-14/h4-11H,1-3H3. The normalized spacial score (nSPS) is 15.1. The molecule has 1 aliphatic heterocycles. The number of nitrogens with zero attached hydrogens (tertiary/aromatic N) is 4. The van der Waals surface area contributed by atoms with Crippen molar-refractivity contribution in [2.75, 3.05) is 26.0 Å². The first-order chi connectivity index (χ1) is 9.15. The fourth-order valence-electron chi connectivity index (χ4n) is 1.47. The van der Waals surface area contributed by atoms with Gasteiger partial charge in [0.2, 0.25) is 0 Å². The van der Waals surface area contributed by atoms with E-state index in [4.69, 9.17) is 0 Å². The first-order valence-electron chi connectivity index (χ1n) is 5.94. The second-order valence-corrected chi connectivity index (χ2v) is 7.35. The van der Waals surface area contributed by atoms with Crippen LogP contribution in [0, 0.1) is 0 Å². The molecule has 19 heavy (non-hydrogen) atoms. The molecule has 0 aliphatic carbocycles. The fourth-order valence-corrected chi connectivity index (χ4v) is 3.17. The Balaban J connectivity index is 2.10. The molecular formula is C14H17IN4. The topological polar surface area (TPSA) is 31.2 Å². The van der Waals surface area contributed by atoms with Crippen molar-refractivity contribution in [1.82, 2.24) is 3.11 Å². The lowest BCUT2D eigenvalue weighted by molar-refractivity contribution is 0.835. The molecule has 100 valence electrons. The molecule has 0 saturated carbocycles. The summed E-state index contributed by atoms with van der Waals surface area (Å²) in [4.78, 5) is 2.07. The number of halogens is 1. The summed E-state index contributed by atoms with van der Waals surface area (Å²) >= 11 is -0.249. The second-order valence-electron chi connectivity index (χ2n) is 4.24. The molecule has 0 N–H and O–H groups in total. The zero-order chi connectivity index (χ0) is 13.7. The molecule has 0 atom stereocenters. The molecular weight excluding hydrogens is 351 g/mol. The van der Waals surface area contributed by atoms with Gasteiger partial charge in [-0.25, -0.2) is 0 Å². The summed E-state index contributed by atoms with van der Waals surface area (Å²) in [7, 11) is 6.12. The van der Waals surface area contributed by atoms with Gasteiger partial charge in [0.15, 0.2) is 0 Å². The number of azo groups is 1. The van der Waals surface area contributed by atoms with E-state index >= 15 is 0 Å². The minimum Gasteiger partial charge on any atom is -0.378 e. The van der Waals surface area contributed by atoms with Crippen LogP contribution < -0.4 is 4.90 Å². The van der Waals surface area contributed by atoms with Gasteiger partial charge in [0, 0.05) is 54.0 Å². The average molecular weight is 368 g/mol. The SMILES string of the molecule is CN1C=CC=CC(N=Nc2ccc(N(C)C)cc2)=I1. The Labute approximate surface area is 124 Å². The average Bonchev–Trinajstić information content (AvgIpc) is 2.61. The van der Waals surface area contributed by atoms with E-state index in [1.165, 1.54) is 0 Å². The van der Waals surface area contributed by atoms with E-state index in [1.54, 1.807) is 0 Å². The summed E-state index contributed by atoms with van der Waals surface area (Å²) in [5.74, 6) is 0. The first-order valence-corrected chi connectivity index (χ1v) is 7.98. The van der Waals surface area contributed by atoms with Crippen molar-refractivity contribution in [3.63, 3.8) is 0 Å². The summed E-state index contributed by atoms with van der Waals surface area (Å²) in [6.07, 6.45) is 8.13. The number of hydrogen-bond acceptors (Lipinski definition) is 4. The van der Waals surface area contributed by atoms with E-state index in [1.807, 2.05) is 56.6 Å². The zero-order valence-electron chi connectivity index (χ0n) is 11.3. The maximum atomic E-state index is 4.35. The Hall–Kier alpha value is -1.50. The van der Waals surface area contributed by atoms with Crippen LogP contribution in [0.3, 0.4) is 0 Å². The molecule has 0 bridgehead atoms. The van der Waals surface area contributed by atoms with Gasteiger partial charge in [0.1, 0.15) is 3.63 Å². The van der Waals surface area contributed by atoms with Gasteiger partial charge in [-0.05, 0) is 36.4 Å². The van der Waals surface area contributed by atoms with E-state index in [0.29, 0.717) is 0 Å². The van der Waals surface area contributed by atoms with Crippen LogP contribution in [-0.2, 0) is 0 Å². The summed E-state index contributed by atoms with van der Waals surface area (Å²) in [6, 6.07) is 8.07. The maximum Gasteiger partial charge on any atom is 0.134 e. The third kappa shape index (κ3) is 4.27. The Kier molecular flexibility index (Phi) is 4.84. The molecule has 0 aromatic heterocycles. The molecule has 0 fully saturated rings. The highest BCUT2D eigenvalue weighted by Gasteiger charge is 1.97. The quantitative estimate of drug-likeness (QED) is 0.461. The molecule has 1 aromatic carbocycles. The number of benzene rings is 1. The van der Waals surface area contributed by atoms with Gasteiger partial charge in [-0.3, -0.25) is 0 Å². The van der Waals surface area contributed by atoms with Gasteiger partial charge in [-0.15, -0.1) is 5.11 Å². The van der Waals surface area contributed by atoms with Crippen LogP contribution in [0.1, 0.15) is 0 Å². The third-order valence-electron chi connectivity index (χ3n) is 2.48. The van der Waals surface area contributed by atoms with Crippen LogP contribution >= 0.6 is 21.0 Å². The van der Waals surface area contributed by atoms with Crippen LogP contribution in [0.25, 0.3) is 0 Å². The van der Waals surface area contributed by atoms with Crippen molar-refractivity contribution < 1.29 is 0 Å². The Morgan fingerprint density at radius 1 is 1.05 bits per heavy atom. The van der Waals surface area contributed by atoms with Crippen molar-refractivity contribution in [2.24, 2.45) is 10.2 Å². The van der Waals surface area contributed by atoms with E-state index in [0.717, 1.165) is 15.0 Å². The molecule has 1 heterocycles. The lowest BCUT2D eigenvalue weighted by Crippen LogP contribution is -2.07. The van der Waals surface area contributed by atoms with Gasteiger partial charge in [0.05, 0.1) is 5.69 Å². The van der Waals surface area contributed by atoms with Gasteiger partial charge in [0.25, 0.3) is 0 Å². The maximum absolute atomic E-state index is 4.35. The number of hydrogen-bond donors (Lipinski definition) is 0. The number of allylic oxidation sites excluding steroid dienone is 2. The molecule has 1 aliphatic rings. The van der Waals surface area contributed by atoms with Crippen molar-refractivity contribution in [3.05, 3.63) is 48.7 Å². The van der Waals surface area contributed by atoms with Crippen LogP contribution in [0.5, 0.6) is 0 Å². The van der Waals surface area contributed by atoms with Crippen LogP contribution in [-0.4, -0.2) is 27.9 Å². The summed E-state index contributed by atoms with van der Waals surface area (Å²) < 4.78 is 3.24. The van der Waals surface area contributed by atoms with Gasteiger partial charge < -0.3 is 8.01 Å². The second kappa shape index (κ2) is 6.60. The van der Waals surface area contributed by atoms with Gasteiger partial charge >= 0.3 is 0 Å². The van der Waals surface area contributed by atoms with Crippen molar-refractivity contribution >= 4 is 36.0 Å². The Morgan fingerprint density at radius 3 is 2.47 bits per heavy atom. The molecule has 2 rings (SSSR count). The summed E-state index contributed by atoms with van der Waals surface area (Å²) in [6.45, 7) is 0. The summed E-state index contributed by atoms with van der Waals surface area (Å²) in [5.41, 5.74) is 2.05. The van der Waals surface area contributed by atoms with Crippen molar-refractivity contribution in [3.8, 4) is 0 Å². The molecule has 0 unspecified atom stereocenters. The lowest BCUT2D eigenvalue weighted by Gasteiger charge is -2.11. The zero-order valence-corrected chi connectivity index (χ0v) is 13.4. The first kappa shape index (κ1) is 13.9. The smallest absolute Gasteiger partial charge is 0.134 e. The largest absolute Gasteiger partial charge is 0.378 e. The molecule has 0 spiro atoms. The highest BCUT2D eigenvalue weighted by molar-refractivity contribution is 14.2. The van der Waals surface area contributed by atoms with Crippen molar-refractivity contribution in [1.29, 1.82) is 0 Å². The number of anilines is 1.